The molecule has 2 heteroatoms. The van der Waals surface area contributed by atoms with Gasteiger partial charge in [-0.3, -0.25) is 0 Å². The van der Waals surface area contributed by atoms with Gasteiger partial charge in [-0.1, -0.05) is 80.1 Å². The van der Waals surface area contributed by atoms with E-state index in [-0.39, 0.29) is 11.2 Å². The van der Waals surface area contributed by atoms with Gasteiger partial charge in [-0.05, 0) is 36.8 Å². The first-order valence-electron chi connectivity index (χ1n) is 10.0. The summed E-state index contributed by atoms with van der Waals surface area (Å²) in [5.41, 5.74) is 10.3. The zero-order valence-electron chi connectivity index (χ0n) is 17.3. The first kappa shape index (κ1) is 18.6. The minimum absolute atomic E-state index is 0.214. The van der Waals surface area contributed by atoms with Crippen LogP contribution >= 0.6 is 0 Å². The van der Waals surface area contributed by atoms with Gasteiger partial charge in [0, 0.05) is 35.5 Å². The molecule has 2 nitrogen and oxygen atoms in total. The van der Waals surface area contributed by atoms with Crippen LogP contribution in [0.4, 0.5) is 0 Å². The van der Waals surface area contributed by atoms with Gasteiger partial charge in [0.05, 0.1) is 5.76 Å². The number of nitrogens with zero attached hydrogens (tertiary/aromatic N) is 1. The average Bonchev–Trinajstić information content (AvgIpc) is 3.07. The zero-order chi connectivity index (χ0) is 20.1. The molecule has 1 N–H and O–H groups in total. The van der Waals surface area contributed by atoms with Crippen LogP contribution in [0.1, 0.15) is 36.4 Å². The quantitative estimate of drug-likeness (QED) is 0.511. The zero-order valence-corrected chi connectivity index (χ0v) is 17.3. The number of rotatable bonds is 4. The van der Waals surface area contributed by atoms with E-state index in [0.717, 1.165) is 13.0 Å². The number of aliphatic hydroxyl groups is 1. The lowest BCUT2D eigenvalue weighted by molar-refractivity contribution is 0.352. The lowest BCUT2D eigenvalue weighted by atomic mass is 9.86. The summed E-state index contributed by atoms with van der Waals surface area (Å²) >= 11 is 0. The van der Waals surface area contributed by atoms with E-state index >= 15 is 0 Å². The summed E-state index contributed by atoms with van der Waals surface area (Å²) in [5.74, 6) is 0.217. The van der Waals surface area contributed by atoms with Crippen molar-refractivity contribution in [2.75, 3.05) is 0 Å². The molecule has 0 unspecified atom stereocenters. The molecule has 2 aromatic carbocycles. The summed E-state index contributed by atoms with van der Waals surface area (Å²) in [6.45, 7) is 13.6. The van der Waals surface area contributed by atoms with Crippen LogP contribution in [0, 0.1) is 19.3 Å². The van der Waals surface area contributed by atoms with Crippen LogP contribution in [-0.2, 0) is 19.4 Å². The summed E-state index contributed by atoms with van der Waals surface area (Å²) in [6, 6.07) is 17.6. The molecule has 0 saturated heterocycles. The van der Waals surface area contributed by atoms with Gasteiger partial charge in [0.15, 0.2) is 0 Å². The third kappa shape index (κ3) is 3.28. The Kier molecular flexibility index (Phi) is 4.45. The second-order valence-corrected chi connectivity index (χ2v) is 9.05. The highest BCUT2D eigenvalue weighted by Gasteiger charge is 2.36. The van der Waals surface area contributed by atoms with Gasteiger partial charge in [0.25, 0.3) is 0 Å². The molecule has 28 heavy (non-hydrogen) atoms. The molecule has 4 rings (SSSR count). The Labute approximate surface area is 168 Å². The standard InChI is InChI=1S/C26H29NO/c1-17-6-10-20(11-7-17)24-22(14-19(3)28)27-16-26(4,5)15-23(27)25(24)21-12-8-18(2)9-13-21/h6-13,28H,3,14-16H2,1-2,4-5H3. The summed E-state index contributed by atoms with van der Waals surface area (Å²) in [4.78, 5) is 0. The average molecular weight is 372 g/mol. The Bertz CT molecular complexity index is 1030. The second kappa shape index (κ2) is 6.70. The van der Waals surface area contributed by atoms with E-state index in [4.69, 9.17) is 0 Å². The number of aryl methyl sites for hydroxylation is 2. The van der Waals surface area contributed by atoms with Crippen molar-refractivity contribution in [3.05, 3.63) is 83.4 Å². The highest BCUT2D eigenvalue weighted by molar-refractivity contribution is 5.88. The maximum atomic E-state index is 10.1. The minimum Gasteiger partial charge on any atom is -0.513 e. The van der Waals surface area contributed by atoms with Crippen LogP contribution in [-0.4, -0.2) is 9.67 Å². The van der Waals surface area contributed by atoms with Crippen molar-refractivity contribution in [2.45, 2.75) is 47.1 Å². The molecule has 0 spiro atoms. The predicted molar refractivity (Wildman–Crippen MR) is 118 cm³/mol. The van der Waals surface area contributed by atoms with Crippen molar-refractivity contribution in [3.8, 4) is 22.3 Å². The number of aromatic nitrogens is 1. The van der Waals surface area contributed by atoms with E-state index in [9.17, 15) is 5.11 Å². The van der Waals surface area contributed by atoms with E-state index < -0.39 is 0 Å². The molecule has 0 amide bonds. The molecular weight excluding hydrogens is 342 g/mol. The molecule has 0 saturated carbocycles. The SMILES string of the molecule is C=C(O)Cc1c(-c2ccc(C)cc2)c(-c2ccc(C)cc2)c2n1CC(C)(C)C2. The van der Waals surface area contributed by atoms with E-state index in [1.807, 2.05) is 0 Å². The van der Waals surface area contributed by atoms with Gasteiger partial charge in [0.1, 0.15) is 0 Å². The fourth-order valence-corrected chi connectivity index (χ4v) is 4.47. The monoisotopic (exact) mass is 371 g/mol. The van der Waals surface area contributed by atoms with Gasteiger partial charge >= 0.3 is 0 Å². The van der Waals surface area contributed by atoms with Gasteiger partial charge < -0.3 is 9.67 Å². The highest BCUT2D eigenvalue weighted by atomic mass is 16.3. The molecule has 2 heterocycles. The highest BCUT2D eigenvalue weighted by Crippen LogP contribution is 2.47. The number of fused-ring (bicyclic) bond motifs is 1. The predicted octanol–water partition coefficient (Wildman–Crippen LogP) is 6.64. The van der Waals surface area contributed by atoms with Crippen LogP contribution in [0.3, 0.4) is 0 Å². The van der Waals surface area contributed by atoms with Crippen molar-refractivity contribution < 1.29 is 5.11 Å². The van der Waals surface area contributed by atoms with Crippen LogP contribution in [0.15, 0.2) is 60.9 Å². The Balaban J connectivity index is 2.03. The van der Waals surface area contributed by atoms with Crippen molar-refractivity contribution in [1.29, 1.82) is 0 Å². The first-order valence-corrected chi connectivity index (χ1v) is 10.0. The van der Waals surface area contributed by atoms with Crippen molar-refractivity contribution >= 4 is 0 Å². The maximum Gasteiger partial charge on any atom is 0.0910 e. The van der Waals surface area contributed by atoms with Gasteiger partial charge in [-0.15, -0.1) is 0 Å². The van der Waals surface area contributed by atoms with E-state index in [1.54, 1.807) is 0 Å². The lowest BCUT2D eigenvalue weighted by Gasteiger charge is -2.19. The Morgan fingerprint density at radius 3 is 1.93 bits per heavy atom. The largest absolute Gasteiger partial charge is 0.513 e. The normalized spacial score (nSPS) is 14.9. The van der Waals surface area contributed by atoms with E-state index in [1.165, 1.54) is 44.8 Å². The van der Waals surface area contributed by atoms with Crippen molar-refractivity contribution in [2.24, 2.45) is 5.41 Å². The van der Waals surface area contributed by atoms with Gasteiger partial charge in [-0.25, -0.2) is 0 Å². The number of aliphatic hydroxyl groups excluding tert-OH is 1. The van der Waals surface area contributed by atoms with Crippen LogP contribution in [0.5, 0.6) is 0 Å². The summed E-state index contributed by atoms with van der Waals surface area (Å²) in [5, 5.41) is 10.1. The van der Waals surface area contributed by atoms with E-state index in [2.05, 4.69) is 87.4 Å². The minimum atomic E-state index is 0.214. The molecule has 1 aliphatic rings. The molecule has 144 valence electrons. The molecular formula is C26H29NO. The molecule has 1 aliphatic heterocycles. The van der Waals surface area contributed by atoms with Crippen molar-refractivity contribution in [1.82, 2.24) is 4.57 Å². The lowest BCUT2D eigenvalue weighted by Crippen LogP contribution is -2.14. The van der Waals surface area contributed by atoms with Crippen LogP contribution < -0.4 is 0 Å². The fourth-order valence-electron chi connectivity index (χ4n) is 4.47. The van der Waals surface area contributed by atoms with Gasteiger partial charge in [0.2, 0.25) is 0 Å². The second-order valence-electron chi connectivity index (χ2n) is 9.05. The number of benzene rings is 2. The maximum absolute atomic E-state index is 10.1. The molecule has 0 fully saturated rings. The van der Waals surface area contributed by atoms with Gasteiger partial charge in [-0.2, -0.15) is 0 Å². The molecule has 0 aliphatic carbocycles. The summed E-state index contributed by atoms with van der Waals surface area (Å²) < 4.78 is 2.44. The van der Waals surface area contributed by atoms with Crippen LogP contribution in [0.2, 0.25) is 0 Å². The molecule has 1 aromatic heterocycles. The Morgan fingerprint density at radius 2 is 1.43 bits per heavy atom. The molecule has 0 bridgehead atoms. The number of hydrogen-bond acceptors (Lipinski definition) is 1. The smallest absolute Gasteiger partial charge is 0.0910 e. The fraction of sp³-hybridized carbons (Fsp3) is 0.308. The number of hydrogen-bond donors (Lipinski definition) is 1. The van der Waals surface area contributed by atoms with E-state index in [0.29, 0.717) is 6.42 Å². The topological polar surface area (TPSA) is 25.2 Å². The molecule has 0 radical (unpaired) electrons. The first-order chi connectivity index (χ1) is 13.2. The summed E-state index contributed by atoms with van der Waals surface area (Å²) in [7, 11) is 0. The summed E-state index contributed by atoms with van der Waals surface area (Å²) in [6.07, 6.45) is 1.52. The molecule has 0 atom stereocenters. The van der Waals surface area contributed by atoms with Crippen LogP contribution in [0.25, 0.3) is 22.3 Å². The third-order valence-corrected chi connectivity index (χ3v) is 5.76. The Hall–Kier alpha value is -2.74. The Morgan fingerprint density at radius 1 is 0.929 bits per heavy atom. The molecule has 3 aromatic rings. The third-order valence-electron chi connectivity index (χ3n) is 5.76. The van der Waals surface area contributed by atoms with Crippen molar-refractivity contribution in [3.63, 3.8) is 0 Å². The number of allylic oxidation sites excluding steroid dienone is 1.